The van der Waals surface area contributed by atoms with Gasteiger partial charge in [-0.05, 0) is 31.4 Å². The highest BCUT2D eigenvalue weighted by Gasteiger charge is 2.14. The van der Waals surface area contributed by atoms with Crippen LogP contribution in [0.3, 0.4) is 0 Å². The number of nitrogens with one attached hydrogen (secondary N) is 1. The van der Waals surface area contributed by atoms with Gasteiger partial charge in [-0.1, -0.05) is 0 Å². The molecule has 0 saturated carbocycles. The van der Waals surface area contributed by atoms with E-state index >= 15 is 0 Å². The highest BCUT2D eigenvalue weighted by Crippen LogP contribution is 2.22. The third kappa shape index (κ3) is 0.979. The van der Waals surface area contributed by atoms with E-state index in [1.165, 1.54) is 22.5 Å². The van der Waals surface area contributed by atoms with E-state index in [0.29, 0.717) is 0 Å². The van der Waals surface area contributed by atoms with Gasteiger partial charge in [0.15, 0.2) is 0 Å². The lowest BCUT2D eigenvalue weighted by atomic mass is 10.1. The normalized spacial score (nSPS) is 16.5. The summed E-state index contributed by atoms with van der Waals surface area (Å²) in [6, 6.07) is 0. The van der Waals surface area contributed by atoms with Crippen LogP contribution in [0, 0.1) is 13.8 Å². The molecule has 1 aromatic rings. The average molecular weight is 151 g/mol. The number of hydrogen-bond acceptors (Lipinski definition) is 1. The highest BCUT2D eigenvalue weighted by atomic mass is 16.5. The maximum absolute atomic E-state index is 5.33. The molecule has 0 atom stereocenters. The van der Waals surface area contributed by atoms with Crippen molar-refractivity contribution in [3.05, 3.63) is 22.5 Å². The first-order valence-corrected chi connectivity index (χ1v) is 4.03. The maximum atomic E-state index is 5.33. The second-order valence-corrected chi connectivity index (χ2v) is 3.13. The summed E-state index contributed by atoms with van der Waals surface area (Å²) in [5.41, 5.74) is 5.48. The summed E-state index contributed by atoms with van der Waals surface area (Å²) in [6.45, 7) is 5.94. The van der Waals surface area contributed by atoms with E-state index in [1.54, 1.807) is 0 Å². The molecule has 0 aromatic carbocycles. The predicted molar refractivity (Wildman–Crippen MR) is 43.6 cm³/mol. The van der Waals surface area contributed by atoms with Gasteiger partial charge in [-0.15, -0.1) is 0 Å². The Hall–Kier alpha value is -0.760. The third-order valence-corrected chi connectivity index (χ3v) is 2.46. The first-order chi connectivity index (χ1) is 5.29. The predicted octanol–water partition coefficient (Wildman–Crippen LogP) is 1.70. The molecular formula is C9H13NO. The number of rotatable bonds is 0. The number of H-pyrrole nitrogens is 1. The van der Waals surface area contributed by atoms with Crippen molar-refractivity contribution in [3.63, 3.8) is 0 Å². The summed E-state index contributed by atoms with van der Waals surface area (Å²) in [5.74, 6) is 0. The minimum absolute atomic E-state index is 0.768. The monoisotopic (exact) mass is 151 g/mol. The lowest BCUT2D eigenvalue weighted by Gasteiger charge is -2.12. The van der Waals surface area contributed by atoms with Crippen LogP contribution in [0.15, 0.2) is 0 Å². The molecule has 0 fully saturated rings. The van der Waals surface area contributed by atoms with Gasteiger partial charge in [0.25, 0.3) is 0 Å². The van der Waals surface area contributed by atoms with Crippen molar-refractivity contribution < 1.29 is 4.74 Å². The number of aryl methyl sites for hydroxylation is 1. The van der Waals surface area contributed by atoms with E-state index in [1.807, 2.05) is 0 Å². The van der Waals surface area contributed by atoms with E-state index in [-0.39, 0.29) is 0 Å². The summed E-state index contributed by atoms with van der Waals surface area (Å²) in [6.07, 6.45) is 1.07. The summed E-state index contributed by atoms with van der Waals surface area (Å²) in [5, 5.41) is 0. The molecule has 2 nitrogen and oxygen atoms in total. The van der Waals surface area contributed by atoms with Crippen LogP contribution >= 0.6 is 0 Å². The van der Waals surface area contributed by atoms with Gasteiger partial charge < -0.3 is 9.72 Å². The largest absolute Gasteiger partial charge is 0.375 e. The van der Waals surface area contributed by atoms with Crippen molar-refractivity contribution in [2.75, 3.05) is 6.61 Å². The fourth-order valence-corrected chi connectivity index (χ4v) is 1.66. The van der Waals surface area contributed by atoms with Gasteiger partial charge in [-0.3, -0.25) is 0 Å². The second-order valence-electron chi connectivity index (χ2n) is 3.13. The van der Waals surface area contributed by atoms with Crippen molar-refractivity contribution in [1.29, 1.82) is 0 Å². The van der Waals surface area contributed by atoms with Crippen molar-refractivity contribution >= 4 is 0 Å². The van der Waals surface area contributed by atoms with Crippen LogP contribution in [0.2, 0.25) is 0 Å². The van der Waals surface area contributed by atoms with Crippen molar-refractivity contribution in [3.8, 4) is 0 Å². The number of aromatic amines is 1. The van der Waals surface area contributed by atoms with Crippen LogP contribution in [0.25, 0.3) is 0 Å². The molecule has 1 N–H and O–H groups in total. The number of ether oxygens (including phenoxy) is 1. The fraction of sp³-hybridized carbons (Fsp3) is 0.556. The van der Waals surface area contributed by atoms with Gasteiger partial charge in [0.2, 0.25) is 0 Å². The zero-order chi connectivity index (χ0) is 7.84. The van der Waals surface area contributed by atoms with Crippen LogP contribution in [0.1, 0.15) is 22.5 Å². The molecular weight excluding hydrogens is 138 g/mol. The molecule has 0 amide bonds. The molecule has 0 saturated heterocycles. The Balaban J connectivity index is 2.50. The maximum Gasteiger partial charge on any atom is 0.0868 e. The van der Waals surface area contributed by atoms with E-state index in [0.717, 1.165) is 19.6 Å². The van der Waals surface area contributed by atoms with Gasteiger partial charge in [0.1, 0.15) is 0 Å². The zero-order valence-corrected chi connectivity index (χ0v) is 7.03. The lowest BCUT2D eigenvalue weighted by molar-refractivity contribution is 0.108. The third-order valence-electron chi connectivity index (χ3n) is 2.46. The first kappa shape index (κ1) is 6.92. The minimum atomic E-state index is 0.768. The molecule has 0 aliphatic carbocycles. The molecule has 0 unspecified atom stereocenters. The van der Waals surface area contributed by atoms with Crippen LogP contribution < -0.4 is 0 Å². The number of aromatic nitrogens is 1. The Morgan fingerprint density at radius 3 is 2.91 bits per heavy atom. The quantitative estimate of drug-likeness (QED) is 0.600. The van der Waals surface area contributed by atoms with E-state index in [4.69, 9.17) is 4.74 Å². The van der Waals surface area contributed by atoms with Gasteiger partial charge in [-0.2, -0.15) is 0 Å². The van der Waals surface area contributed by atoms with E-state index in [9.17, 15) is 0 Å². The summed E-state index contributed by atoms with van der Waals surface area (Å²) in [7, 11) is 0. The molecule has 60 valence electrons. The smallest absolute Gasteiger partial charge is 0.0868 e. The molecule has 1 aromatic heterocycles. The van der Waals surface area contributed by atoms with Crippen molar-refractivity contribution in [1.82, 2.24) is 4.98 Å². The molecule has 0 bridgehead atoms. The molecule has 2 rings (SSSR count). The Kier molecular flexibility index (Phi) is 1.50. The number of hydrogen-bond donors (Lipinski definition) is 1. The van der Waals surface area contributed by atoms with E-state index in [2.05, 4.69) is 18.8 Å². The SMILES string of the molecule is Cc1[nH]c2c(c1C)CCOC2. The molecule has 0 spiro atoms. The summed E-state index contributed by atoms with van der Waals surface area (Å²) >= 11 is 0. The van der Waals surface area contributed by atoms with Crippen molar-refractivity contribution in [2.45, 2.75) is 26.9 Å². The molecule has 0 radical (unpaired) electrons. The Labute approximate surface area is 66.6 Å². The standard InChI is InChI=1S/C9H13NO/c1-6-7(2)10-9-5-11-4-3-8(6)9/h10H,3-5H2,1-2H3. The second kappa shape index (κ2) is 2.38. The van der Waals surface area contributed by atoms with Gasteiger partial charge >= 0.3 is 0 Å². The van der Waals surface area contributed by atoms with Gasteiger partial charge in [-0.25, -0.2) is 0 Å². The first-order valence-electron chi connectivity index (χ1n) is 4.03. The van der Waals surface area contributed by atoms with Gasteiger partial charge in [0.05, 0.1) is 13.2 Å². The topological polar surface area (TPSA) is 25.0 Å². The zero-order valence-electron chi connectivity index (χ0n) is 7.03. The lowest BCUT2D eigenvalue weighted by Crippen LogP contribution is -2.08. The summed E-state index contributed by atoms with van der Waals surface area (Å²) < 4.78 is 5.33. The van der Waals surface area contributed by atoms with Crippen molar-refractivity contribution in [2.24, 2.45) is 0 Å². The van der Waals surface area contributed by atoms with Crippen LogP contribution in [-0.2, 0) is 17.8 Å². The number of fused-ring (bicyclic) bond motifs is 1. The molecule has 2 heterocycles. The Morgan fingerprint density at radius 1 is 1.36 bits per heavy atom. The molecule has 11 heavy (non-hydrogen) atoms. The van der Waals surface area contributed by atoms with Crippen LogP contribution in [0.4, 0.5) is 0 Å². The van der Waals surface area contributed by atoms with Crippen LogP contribution in [0.5, 0.6) is 0 Å². The Bertz CT molecular complexity index is 275. The molecule has 1 aliphatic rings. The minimum Gasteiger partial charge on any atom is -0.375 e. The highest BCUT2D eigenvalue weighted by molar-refractivity contribution is 5.36. The fourth-order valence-electron chi connectivity index (χ4n) is 1.66. The molecule has 2 heteroatoms. The average Bonchev–Trinajstić information content (AvgIpc) is 2.30. The van der Waals surface area contributed by atoms with E-state index < -0.39 is 0 Å². The Morgan fingerprint density at radius 2 is 2.18 bits per heavy atom. The van der Waals surface area contributed by atoms with Gasteiger partial charge in [0, 0.05) is 11.4 Å². The molecule has 1 aliphatic heterocycles. The summed E-state index contributed by atoms with van der Waals surface area (Å²) in [4.78, 5) is 3.34. The van der Waals surface area contributed by atoms with Crippen LogP contribution in [-0.4, -0.2) is 11.6 Å².